The number of rotatable bonds is 12. The van der Waals surface area contributed by atoms with E-state index in [2.05, 4.69) is 5.32 Å². The predicted molar refractivity (Wildman–Crippen MR) is 157 cm³/mol. The van der Waals surface area contributed by atoms with E-state index in [9.17, 15) is 17.6 Å². The first kappa shape index (κ1) is 30.6. The first-order chi connectivity index (χ1) is 19.5. The van der Waals surface area contributed by atoms with Crippen LogP contribution >= 0.6 is 0 Å². The summed E-state index contributed by atoms with van der Waals surface area (Å²) in [6.07, 6.45) is 2.25. The number of ether oxygens (including phenoxy) is 2. The van der Waals surface area contributed by atoms with Gasteiger partial charge in [0.15, 0.2) is 6.29 Å². The molecule has 0 bridgehead atoms. The molecule has 1 fully saturated rings. The summed E-state index contributed by atoms with van der Waals surface area (Å²) < 4.78 is 52.0. The van der Waals surface area contributed by atoms with Crippen LogP contribution in [0.5, 0.6) is 0 Å². The molecular weight excluding hydrogens is 545 g/mol. The highest BCUT2D eigenvalue weighted by molar-refractivity contribution is 7.92. The Morgan fingerprint density at radius 3 is 2.51 bits per heavy atom. The van der Waals surface area contributed by atoms with E-state index < -0.39 is 33.8 Å². The maximum Gasteiger partial charge on any atom is 0.251 e. The molecule has 1 heterocycles. The lowest BCUT2D eigenvalue weighted by atomic mass is 9.90. The Bertz CT molecular complexity index is 1440. The standard InChI is InChI=1S/C31H38FN3O5S/c1-4-15-35(41(3,37)38)28-18-24(17-26(19-28)29(36)34-22(2)25-10-12-27(32)13-11-25)21-40-30-31(33,14-16-39-30)20-23-8-6-5-7-9-23/h5-13,17-19,22,30H,4,14-16,20-21,33H2,1-3H3,(H,34,36). The van der Waals surface area contributed by atoms with Crippen LogP contribution in [0.15, 0.2) is 72.8 Å². The fourth-order valence-corrected chi connectivity index (χ4v) is 6.01. The molecule has 3 unspecified atom stereocenters. The van der Waals surface area contributed by atoms with Crippen molar-refractivity contribution >= 4 is 21.6 Å². The molecule has 0 aromatic heterocycles. The molecule has 0 spiro atoms. The van der Waals surface area contributed by atoms with Gasteiger partial charge in [0, 0.05) is 12.1 Å². The normalized spacial score (nSPS) is 19.6. The van der Waals surface area contributed by atoms with Crippen LogP contribution in [0, 0.1) is 5.82 Å². The van der Waals surface area contributed by atoms with Gasteiger partial charge in [-0.2, -0.15) is 0 Å². The van der Waals surface area contributed by atoms with Crippen LogP contribution in [0.3, 0.4) is 0 Å². The van der Waals surface area contributed by atoms with Crippen molar-refractivity contribution in [1.29, 1.82) is 0 Å². The Morgan fingerprint density at radius 2 is 1.85 bits per heavy atom. The topological polar surface area (TPSA) is 111 Å². The Hall–Kier alpha value is -3.31. The van der Waals surface area contributed by atoms with E-state index in [1.54, 1.807) is 37.3 Å². The minimum Gasteiger partial charge on any atom is -0.351 e. The number of benzene rings is 3. The van der Waals surface area contributed by atoms with E-state index in [0.29, 0.717) is 37.1 Å². The molecule has 4 rings (SSSR count). The molecule has 1 saturated heterocycles. The summed E-state index contributed by atoms with van der Waals surface area (Å²) in [5, 5.41) is 2.92. The van der Waals surface area contributed by atoms with Gasteiger partial charge in [-0.25, -0.2) is 12.8 Å². The second-order valence-electron chi connectivity index (χ2n) is 10.6. The maximum atomic E-state index is 13.4. The maximum absolute atomic E-state index is 13.4. The molecule has 3 aromatic rings. The van der Waals surface area contributed by atoms with Gasteiger partial charge in [0.1, 0.15) is 5.82 Å². The number of nitrogens with two attached hydrogens (primary N) is 1. The second-order valence-corrected chi connectivity index (χ2v) is 12.5. The summed E-state index contributed by atoms with van der Waals surface area (Å²) in [5.74, 6) is -0.762. The van der Waals surface area contributed by atoms with Gasteiger partial charge in [-0.3, -0.25) is 9.10 Å². The predicted octanol–water partition coefficient (Wildman–Crippen LogP) is 4.70. The van der Waals surface area contributed by atoms with Gasteiger partial charge in [-0.05, 0) is 73.2 Å². The Kier molecular flexibility index (Phi) is 9.80. The third kappa shape index (κ3) is 7.91. The van der Waals surface area contributed by atoms with E-state index >= 15 is 0 Å². The molecule has 0 radical (unpaired) electrons. The number of nitrogens with one attached hydrogen (secondary N) is 1. The highest BCUT2D eigenvalue weighted by Gasteiger charge is 2.41. The number of nitrogens with zero attached hydrogens (tertiary/aromatic N) is 1. The van der Waals surface area contributed by atoms with Gasteiger partial charge in [0.25, 0.3) is 5.91 Å². The molecule has 10 heteroatoms. The van der Waals surface area contributed by atoms with E-state index in [1.165, 1.54) is 16.4 Å². The van der Waals surface area contributed by atoms with Gasteiger partial charge in [-0.1, -0.05) is 49.4 Å². The van der Waals surface area contributed by atoms with Crippen LogP contribution in [0.2, 0.25) is 0 Å². The Balaban J connectivity index is 1.58. The number of anilines is 1. The van der Waals surface area contributed by atoms with Gasteiger partial charge in [0.2, 0.25) is 10.0 Å². The van der Waals surface area contributed by atoms with Crippen molar-refractivity contribution < 1.29 is 27.1 Å². The molecule has 3 N–H and O–H groups in total. The summed E-state index contributed by atoms with van der Waals surface area (Å²) in [4.78, 5) is 13.4. The van der Waals surface area contributed by atoms with Crippen molar-refractivity contribution in [3.05, 3.63) is 101 Å². The Morgan fingerprint density at radius 1 is 1.15 bits per heavy atom. The number of amides is 1. The lowest BCUT2D eigenvalue weighted by molar-refractivity contribution is -0.145. The highest BCUT2D eigenvalue weighted by Crippen LogP contribution is 2.30. The van der Waals surface area contributed by atoms with E-state index in [1.807, 2.05) is 37.3 Å². The van der Waals surface area contributed by atoms with Gasteiger partial charge in [-0.15, -0.1) is 0 Å². The van der Waals surface area contributed by atoms with Crippen molar-refractivity contribution in [2.75, 3.05) is 23.7 Å². The molecule has 0 saturated carbocycles. The third-order valence-electron chi connectivity index (χ3n) is 7.16. The monoisotopic (exact) mass is 583 g/mol. The lowest BCUT2D eigenvalue weighted by Gasteiger charge is -2.30. The number of carbonyl (C=O) groups is 1. The molecule has 8 nitrogen and oxygen atoms in total. The van der Waals surface area contributed by atoms with Gasteiger partial charge >= 0.3 is 0 Å². The molecule has 1 aliphatic rings. The zero-order valence-corrected chi connectivity index (χ0v) is 24.5. The van der Waals surface area contributed by atoms with Gasteiger partial charge < -0.3 is 20.5 Å². The van der Waals surface area contributed by atoms with Crippen LogP contribution in [0.4, 0.5) is 10.1 Å². The molecule has 0 aliphatic carbocycles. The Labute approximate surface area is 241 Å². The largest absolute Gasteiger partial charge is 0.351 e. The van der Waals surface area contributed by atoms with Crippen LogP contribution in [-0.4, -0.2) is 45.6 Å². The number of carbonyl (C=O) groups excluding carboxylic acids is 1. The van der Waals surface area contributed by atoms with Crippen LogP contribution in [0.1, 0.15) is 59.8 Å². The molecule has 3 aromatic carbocycles. The van der Waals surface area contributed by atoms with Crippen LogP contribution in [0.25, 0.3) is 0 Å². The van der Waals surface area contributed by atoms with E-state index in [0.717, 1.165) is 17.4 Å². The number of hydrogen-bond donors (Lipinski definition) is 2. The quantitative estimate of drug-likeness (QED) is 0.320. The first-order valence-corrected chi connectivity index (χ1v) is 15.6. The zero-order valence-electron chi connectivity index (χ0n) is 23.7. The highest BCUT2D eigenvalue weighted by atomic mass is 32.2. The van der Waals surface area contributed by atoms with Crippen molar-refractivity contribution in [2.24, 2.45) is 5.73 Å². The number of sulfonamides is 1. The lowest BCUT2D eigenvalue weighted by Crippen LogP contribution is -2.50. The van der Waals surface area contributed by atoms with Crippen molar-refractivity contribution in [3.8, 4) is 0 Å². The van der Waals surface area contributed by atoms with E-state index in [-0.39, 0.29) is 24.5 Å². The van der Waals surface area contributed by atoms with E-state index in [4.69, 9.17) is 15.2 Å². The molecular formula is C31H38FN3O5S. The smallest absolute Gasteiger partial charge is 0.251 e. The zero-order chi connectivity index (χ0) is 29.6. The minimum absolute atomic E-state index is 0.0593. The fraction of sp³-hybridized carbons (Fsp3) is 0.387. The van der Waals surface area contributed by atoms with Crippen molar-refractivity contribution in [3.63, 3.8) is 0 Å². The summed E-state index contributed by atoms with van der Waals surface area (Å²) in [5.41, 5.74) is 9.07. The average Bonchev–Trinajstić information content (AvgIpc) is 3.29. The molecule has 1 aliphatic heterocycles. The minimum atomic E-state index is -3.61. The summed E-state index contributed by atoms with van der Waals surface area (Å²) >= 11 is 0. The molecule has 3 atom stereocenters. The third-order valence-corrected chi connectivity index (χ3v) is 8.35. The van der Waals surface area contributed by atoms with Crippen LogP contribution in [-0.2, 0) is 32.5 Å². The van der Waals surface area contributed by atoms with Gasteiger partial charge in [0.05, 0.1) is 36.7 Å². The number of halogens is 1. The van der Waals surface area contributed by atoms with Crippen molar-refractivity contribution in [1.82, 2.24) is 5.32 Å². The molecule has 220 valence electrons. The fourth-order valence-electron chi connectivity index (χ4n) is 5.01. The first-order valence-electron chi connectivity index (χ1n) is 13.7. The average molecular weight is 584 g/mol. The van der Waals surface area contributed by atoms with Crippen LogP contribution < -0.4 is 15.4 Å². The SMILES string of the molecule is CCCN(c1cc(COC2OCCC2(N)Cc2ccccc2)cc(C(=O)NC(C)c2ccc(F)cc2)c1)S(C)(=O)=O. The molecule has 1 amide bonds. The van der Waals surface area contributed by atoms with Crippen molar-refractivity contribution in [2.45, 2.75) is 57.6 Å². The molecule has 41 heavy (non-hydrogen) atoms. The summed E-state index contributed by atoms with van der Waals surface area (Å²) in [6, 6.07) is 20.3. The number of hydrogen-bond acceptors (Lipinski definition) is 6. The summed E-state index contributed by atoms with van der Waals surface area (Å²) in [6.45, 7) is 4.45. The summed E-state index contributed by atoms with van der Waals surface area (Å²) in [7, 11) is -3.61. The second kappa shape index (κ2) is 13.1.